The number of pyridine rings is 1. The fourth-order valence-electron chi connectivity index (χ4n) is 4.04. The largest absolute Gasteiger partial charge is 0.487 e. The summed E-state index contributed by atoms with van der Waals surface area (Å²) in [7, 11) is 0. The number of alkyl halides is 6. The van der Waals surface area contributed by atoms with Gasteiger partial charge in [-0.15, -0.1) is 0 Å². The molecule has 1 saturated heterocycles. The highest BCUT2D eigenvalue weighted by atomic mass is 19.4. The first-order valence-corrected chi connectivity index (χ1v) is 11.3. The Hall–Kier alpha value is -4.02. The van der Waals surface area contributed by atoms with Crippen molar-refractivity contribution in [2.75, 3.05) is 37.8 Å². The maximum Gasteiger partial charge on any atom is 0.423 e. The van der Waals surface area contributed by atoms with Crippen LogP contribution in [0.2, 0.25) is 0 Å². The topological polar surface area (TPSA) is 130 Å². The summed E-state index contributed by atoms with van der Waals surface area (Å²) in [5, 5.41) is 5.02. The van der Waals surface area contributed by atoms with Crippen molar-refractivity contribution < 1.29 is 45.4 Å². The lowest BCUT2D eigenvalue weighted by Crippen LogP contribution is -2.61. The predicted octanol–water partition coefficient (Wildman–Crippen LogP) is 2.34. The molecule has 0 bridgehead atoms. The highest BCUT2D eigenvalue weighted by Crippen LogP contribution is 2.38. The molecule has 0 unspecified atom stereocenters. The number of nitrogens with one attached hydrogen (secondary N) is 1. The molecule has 0 spiro atoms. The van der Waals surface area contributed by atoms with E-state index >= 15 is 0 Å². The van der Waals surface area contributed by atoms with E-state index in [0.717, 1.165) is 12.3 Å². The Bertz CT molecular complexity index is 1360. The van der Waals surface area contributed by atoms with E-state index in [0.29, 0.717) is 6.20 Å². The lowest BCUT2D eigenvalue weighted by molar-refractivity contribution is -0.139. The molecule has 11 nitrogen and oxygen atoms in total. The van der Waals surface area contributed by atoms with Crippen molar-refractivity contribution in [1.29, 1.82) is 0 Å². The van der Waals surface area contributed by atoms with Gasteiger partial charge in [-0.2, -0.15) is 31.4 Å². The van der Waals surface area contributed by atoms with E-state index in [-0.39, 0.29) is 56.6 Å². The predicted molar refractivity (Wildman–Crippen MR) is 121 cm³/mol. The molecule has 1 fully saturated rings. The van der Waals surface area contributed by atoms with Crippen molar-refractivity contribution in [2.45, 2.75) is 31.7 Å². The monoisotopic (exact) mass is 562 g/mol. The minimum Gasteiger partial charge on any atom is -0.487 e. The first-order chi connectivity index (χ1) is 18.3. The maximum atomic E-state index is 13.1. The number of amides is 2. The van der Waals surface area contributed by atoms with Gasteiger partial charge in [-0.05, 0) is 13.0 Å². The number of fused-ring (bicyclic) bond motifs is 3. The van der Waals surface area contributed by atoms with Crippen molar-refractivity contribution in [1.82, 2.24) is 20.1 Å². The Kier molecular flexibility index (Phi) is 7.63. The second-order valence-corrected chi connectivity index (χ2v) is 8.65. The van der Waals surface area contributed by atoms with Crippen LogP contribution in [0.4, 0.5) is 37.8 Å². The van der Waals surface area contributed by atoms with E-state index in [9.17, 15) is 40.7 Å². The van der Waals surface area contributed by atoms with Crippen LogP contribution in [-0.2, 0) is 26.7 Å². The number of piperazine rings is 1. The first kappa shape index (κ1) is 28.0. The highest BCUT2D eigenvalue weighted by molar-refractivity contribution is 5.99. The van der Waals surface area contributed by atoms with E-state index in [1.165, 1.54) is 16.7 Å². The van der Waals surface area contributed by atoms with Crippen LogP contribution in [0, 0.1) is 0 Å². The summed E-state index contributed by atoms with van der Waals surface area (Å²) in [5.41, 5.74) is -4.55. The number of rotatable bonds is 6. The lowest BCUT2D eigenvalue weighted by Gasteiger charge is -2.43. The number of H-pyrrole nitrogens is 1. The minimum absolute atomic E-state index is 0.0446. The summed E-state index contributed by atoms with van der Waals surface area (Å²) in [6.07, 6.45) is -8.38. The zero-order chi connectivity index (χ0) is 28.5. The van der Waals surface area contributed by atoms with Gasteiger partial charge in [-0.25, -0.2) is 10.1 Å². The van der Waals surface area contributed by atoms with Crippen molar-refractivity contribution in [2.24, 2.45) is 4.99 Å². The molecule has 2 aromatic rings. The Morgan fingerprint density at radius 1 is 1.21 bits per heavy atom. The minimum atomic E-state index is -4.95. The van der Waals surface area contributed by atoms with Gasteiger partial charge in [0.25, 0.3) is 5.56 Å². The Morgan fingerprint density at radius 3 is 2.64 bits per heavy atom. The summed E-state index contributed by atoms with van der Waals surface area (Å²) in [6, 6.07) is 0.107. The van der Waals surface area contributed by atoms with Crippen molar-refractivity contribution in [3.05, 3.63) is 39.9 Å². The lowest BCUT2D eigenvalue weighted by atomic mass is 10.1. The summed E-state index contributed by atoms with van der Waals surface area (Å²) >= 11 is 0. The van der Waals surface area contributed by atoms with Crippen LogP contribution < -0.4 is 15.2 Å². The molecule has 0 saturated carbocycles. The van der Waals surface area contributed by atoms with Gasteiger partial charge in [0.15, 0.2) is 11.6 Å². The Morgan fingerprint density at radius 2 is 1.95 bits per heavy atom. The molecule has 39 heavy (non-hydrogen) atoms. The molecule has 1 N–H and O–H groups in total. The number of hydrogen-bond donors (Lipinski definition) is 1. The first-order valence-electron chi connectivity index (χ1n) is 11.3. The van der Waals surface area contributed by atoms with Gasteiger partial charge in [0.1, 0.15) is 24.4 Å². The molecule has 2 amide bonds. The number of aliphatic imine (C=N–C) groups is 1. The normalized spacial score (nSPS) is 18.0. The number of halogens is 6. The summed E-state index contributed by atoms with van der Waals surface area (Å²) in [4.78, 5) is 46.9. The number of anilines is 1. The molecular weight excluding hydrogens is 542 g/mol. The molecule has 0 radical (unpaired) electrons. The number of carbonyl (C=O) groups is 2. The quantitative estimate of drug-likeness (QED) is 0.325. The number of aromatic nitrogens is 3. The number of aromatic amines is 1. The second-order valence-electron chi connectivity index (χ2n) is 8.65. The highest BCUT2D eigenvalue weighted by Gasteiger charge is 2.42. The van der Waals surface area contributed by atoms with Crippen molar-refractivity contribution >= 4 is 29.0 Å². The average Bonchev–Trinajstić information content (AvgIpc) is 2.84. The molecule has 4 heterocycles. The standard InChI is InChI=1S/C22H20F6N6O5/c1-11(31-14-6-30-32-20(37)18(14)22(26,27)28)9-38-3-2-16(35)33-7-13-10-39-15-4-12(21(23,24)25)5-29-19(15)34(13)17(36)8-33/h4-6,13H,2-3,7-10H2,1H3,(H,32,37)/t13-/m1/s1. The summed E-state index contributed by atoms with van der Waals surface area (Å²) in [5.74, 6) is -1.24. The second kappa shape index (κ2) is 10.6. The Labute approximate surface area is 215 Å². The Balaban J connectivity index is 1.32. The molecule has 2 aromatic heterocycles. The van der Waals surface area contributed by atoms with Crippen LogP contribution in [0.15, 0.2) is 28.2 Å². The summed E-state index contributed by atoms with van der Waals surface area (Å²) in [6.45, 7) is 0.535. The van der Waals surface area contributed by atoms with Gasteiger partial charge in [0.2, 0.25) is 11.8 Å². The van der Waals surface area contributed by atoms with Crippen LogP contribution >= 0.6 is 0 Å². The molecular formula is C22H20F6N6O5. The zero-order valence-corrected chi connectivity index (χ0v) is 20.1. The number of ether oxygens (including phenoxy) is 2. The summed E-state index contributed by atoms with van der Waals surface area (Å²) < 4.78 is 89.0. The van der Waals surface area contributed by atoms with E-state index in [2.05, 4.69) is 15.1 Å². The third kappa shape index (κ3) is 6.18. The van der Waals surface area contributed by atoms with Crippen LogP contribution in [-0.4, -0.2) is 76.6 Å². The zero-order valence-electron chi connectivity index (χ0n) is 20.1. The molecule has 2 aliphatic heterocycles. The van der Waals surface area contributed by atoms with E-state index in [1.807, 2.05) is 0 Å². The SMILES string of the molecule is CC(COCCC(=O)N1CC(=O)N2c3ncc(C(F)(F)F)cc3OC[C@H]2C1)=Nc1cn[nH]c(=O)c1C(F)(F)F. The van der Waals surface area contributed by atoms with E-state index in [4.69, 9.17) is 9.47 Å². The molecule has 210 valence electrons. The third-order valence-corrected chi connectivity index (χ3v) is 5.77. The maximum absolute atomic E-state index is 13.1. The fourth-order valence-corrected chi connectivity index (χ4v) is 4.04. The van der Waals surface area contributed by atoms with Crippen molar-refractivity contribution in [3.63, 3.8) is 0 Å². The fraction of sp³-hybridized carbons (Fsp3) is 0.455. The van der Waals surface area contributed by atoms with Gasteiger partial charge < -0.3 is 14.4 Å². The van der Waals surface area contributed by atoms with Gasteiger partial charge in [-0.1, -0.05) is 0 Å². The number of nitrogens with zero attached hydrogens (tertiary/aromatic N) is 5. The van der Waals surface area contributed by atoms with Crippen LogP contribution in [0.1, 0.15) is 24.5 Å². The van der Waals surface area contributed by atoms with Crippen molar-refractivity contribution in [3.8, 4) is 5.75 Å². The van der Waals surface area contributed by atoms with Gasteiger partial charge in [-0.3, -0.25) is 24.3 Å². The third-order valence-electron chi connectivity index (χ3n) is 5.77. The van der Waals surface area contributed by atoms with E-state index < -0.39 is 52.6 Å². The van der Waals surface area contributed by atoms with Gasteiger partial charge in [0.05, 0.1) is 37.4 Å². The molecule has 4 rings (SSSR count). The number of hydrogen-bond acceptors (Lipinski definition) is 8. The van der Waals surface area contributed by atoms with E-state index in [1.54, 1.807) is 5.10 Å². The average molecular weight is 562 g/mol. The van der Waals surface area contributed by atoms with Crippen LogP contribution in [0.25, 0.3) is 0 Å². The van der Waals surface area contributed by atoms with Crippen LogP contribution in [0.3, 0.4) is 0 Å². The molecule has 0 aliphatic carbocycles. The molecule has 17 heteroatoms. The number of carbonyl (C=O) groups excluding carboxylic acids is 2. The molecule has 0 aromatic carbocycles. The van der Waals surface area contributed by atoms with Crippen LogP contribution in [0.5, 0.6) is 5.75 Å². The van der Waals surface area contributed by atoms with Gasteiger partial charge >= 0.3 is 12.4 Å². The smallest absolute Gasteiger partial charge is 0.423 e. The van der Waals surface area contributed by atoms with Gasteiger partial charge in [0, 0.05) is 18.5 Å². The molecule has 2 aliphatic rings. The molecule has 1 atom stereocenters.